The van der Waals surface area contributed by atoms with Crippen molar-refractivity contribution in [1.29, 1.82) is 0 Å². The monoisotopic (exact) mass is 356 g/mol. The molecule has 132 valence electrons. The Labute approximate surface area is 155 Å². The molecule has 0 spiro atoms. The van der Waals surface area contributed by atoms with Crippen LogP contribution in [0.15, 0.2) is 54.6 Å². The minimum Gasteiger partial charge on any atom is -0.335 e. The molecular formula is C21H25ClN2O. The van der Waals surface area contributed by atoms with Crippen LogP contribution in [0.2, 0.25) is 0 Å². The molecular weight excluding hydrogens is 332 g/mol. The normalized spacial score (nSPS) is 24.7. The van der Waals surface area contributed by atoms with Crippen LogP contribution in [-0.2, 0) is 11.2 Å². The molecule has 2 saturated heterocycles. The number of carbonyl (C=O) groups excluding carboxylic acids is 1. The number of fused-ring (bicyclic) bond motifs is 1. The van der Waals surface area contributed by atoms with Crippen molar-refractivity contribution >= 4 is 18.3 Å². The number of halogens is 1. The number of likely N-dealkylation sites (tertiary alicyclic amines) is 1. The highest BCUT2D eigenvalue weighted by atomic mass is 35.5. The van der Waals surface area contributed by atoms with Crippen molar-refractivity contribution in [2.24, 2.45) is 11.8 Å². The first-order chi connectivity index (χ1) is 11.7. The Morgan fingerprint density at radius 2 is 1.80 bits per heavy atom. The van der Waals surface area contributed by atoms with Gasteiger partial charge in [0.25, 0.3) is 0 Å². The molecule has 0 radical (unpaired) electrons. The van der Waals surface area contributed by atoms with E-state index in [0.29, 0.717) is 18.3 Å². The first-order valence-electron chi connectivity index (χ1n) is 8.83. The summed E-state index contributed by atoms with van der Waals surface area (Å²) in [6.07, 6.45) is 0.496. The smallest absolute Gasteiger partial charge is 0.227 e. The molecule has 2 aromatic carbocycles. The van der Waals surface area contributed by atoms with Gasteiger partial charge in [-0.3, -0.25) is 4.79 Å². The van der Waals surface area contributed by atoms with E-state index in [-0.39, 0.29) is 24.4 Å². The summed E-state index contributed by atoms with van der Waals surface area (Å²) in [6.45, 7) is 5.08. The lowest BCUT2D eigenvalue weighted by Gasteiger charge is -2.29. The number of nitrogens with zero attached hydrogens (tertiary/aromatic N) is 1. The van der Waals surface area contributed by atoms with Gasteiger partial charge in [0.1, 0.15) is 0 Å². The van der Waals surface area contributed by atoms with Gasteiger partial charge in [0, 0.05) is 25.6 Å². The standard InChI is InChI=1S/C21H24N2O.ClH/c1-15-7-5-6-10-18(15)21-19-13-22-12-17(19)14-23(21)20(24)11-16-8-3-2-4-9-16;/h2-10,17,19,21-22H,11-14H2,1H3;1H/t17-,19-,21+;/m0./s1. The maximum atomic E-state index is 13.0. The van der Waals surface area contributed by atoms with E-state index in [1.54, 1.807) is 0 Å². The molecule has 0 unspecified atom stereocenters. The van der Waals surface area contributed by atoms with Crippen LogP contribution < -0.4 is 5.32 Å². The number of amides is 1. The molecule has 25 heavy (non-hydrogen) atoms. The first-order valence-corrected chi connectivity index (χ1v) is 8.83. The lowest BCUT2D eigenvalue weighted by molar-refractivity contribution is -0.131. The molecule has 2 aliphatic heterocycles. The fourth-order valence-electron chi connectivity index (χ4n) is 4.37. The van der Waals surface area contributed by atoms with Crippen LogP contribution in [0, 0.1) is 18.8 Å². The minimum absolute atomic E-state index is 0. The van der Waals surface area contributed by atoms with Crippen molar-refractivity contribution in [3.05, 3.63) is 71.3 Å². The molecule has 0 aromatic heterocycles. The fourth-order valence-corrected chi connectivity index (χ4v) is 4.37. The maximum absolute atomic E-state index is 13.0. The quantitative estimate of drug-likeness (QED) is 0.914. The number of hydrogen-bond acceptors (Lipinski definition) is 2. The fraction of sp³-hybridized carbons (Fsp3) is 0.381. The van der Waals surface area contributed by atoms with Gasteiger partial charge < -0.3 is 10.2 Å². The van der Waals surface area contributed by atoms with E-state index in [0.717, 1.165) is 25.2 Å². The summed E-state index contributed by atoms with van der Waals surface area (Å²) in [6, 6.07) is 18.8. The largest absolute Gasteiger partial charge is 0.335 e. The zero-order chi connectivity index (χ0) is 16.5. The number of aryl methyl sites for hydroxylation is 1. The molecule has 3 atom stereocenters. The highest BCUT2D eigenvalue weighted by Gasteiger charge is 2.46. The molecule has 2 fully saturated rings. The zero-order valence-electron chi connectivity index (χ0n) is 14.5. The van der Waals surface area contributed by atoms with E-state index in [9.17, 15) is 4.79 Å². The Kier molecular flexibility index (Phi) is 5.45. The highest BCUT2D eigenvalue weighted by molar-refractivity contribution is 5.85. The predicted octanol–water partition coefficient (Wildman–Crippen LogP) is 3.38. The lowest BCUT2D eigenvalue weighted by atomic mass is 9.87. The summed E-state index contributed by atoms with van der Waals surface area (Å²) in [7, 11) is 0. The van der Waals surface area contributed by atoms with E-state index < -0.39 is 0 Å². The molecule has 0 aliphatic carbocycles. The Bertz CT molecular complexity index is 734. The SMILES string of the molecule is Cc1ccccc1[C@@H]1[C@H]2CNC[C@H]2CN1C(=O)Cc1ccccc1.Cl. The molecule has 2 heterocycles. The van der Waals surface area contributed by atoms with Crippen LogP contribution in [-0.4, -0.2) is 30.4 Å². The van der Waals surface area contributed by atoms with Crippen molar-refractivity contribution in [2.75, 3.05) is 19.6 Å². The molecule has 2 aromatic rings. The molecule has 4 rings (SSSR count). The second-order valence-electron chi connectivity index (χ2n) is 7.09. The van der Waals surface area contributed by atoms with E-state index in [4.69, 9.17) is 0 Å². The van der Waals surface area contributed by atoms with Gasteiger partial charge in [-0.2, -0.15) is 0 Å². The summed E-state index contributed by atoms with van der Waals surface area (Å²) in [4.78, 5) is 15.2. The summed E-state index contributed by atoms with van der Waals surface area (Å²) >= 11 is 0. The first kappa shape index (κ1) is 18.0. The van der Waals surface area contributed by atoms with Crippen LogP contribution in [0.4, 0.5) is 0 Å². The van der Waals surface area contributed by atoms with Crippen molar-refractivity contribution in [3.63, 3.8) is 0 Å². The van der Waals surface area contributed by atoms with Gasteiger partial charge in [-0.05, 0) is 29.5 Å². The van der Waals surface area contributed by atoms with E-state index in [2.05, 4.69) is 41.4 Å². The van der Waals surface area contributed by atoms with E-state index >= 15 is 0 Å². The summed E-state index contributed by atoms with van der Waals surface area (Å²) in [5.41, 5.74) is 3.70. The Balaban J connectivity index is 0.00000182. The number of carbonyl (C=O) groups is 1. The molecule has 0 saturated carbocycles. The lowest BCUT2D eigenvalue weighted by Crippen LogP contribution is -2.36. The van der Waals surface area contributed by atoms with Crippen molar-refractivity contribution in [3.8, 4) is 0 Å². The van der Waals surface area contributed by atoms with E-state index in [1.165, 1.54) is 11.1 Å². The van der Waals surface area contributed by atoms with Crippen LogP contribution in [0.5, 0.6) is 0 Å². The number of benzene rings is 2. The average molecular weight is 357 g/mol. The minimum atomic E-state index is 0. The third kappa shape index (κ3) is 3.44. The van der Waals surface area contributed by atoms with Gasteiger partial charge in [0.2, 0.25) is 5.91 Å². The third-order valence-corrected chi connectivity index (χ3v) is 5.59. The molecule has 4 heteroatoms. The average Bonchev–Trinajstić information content (AvgIpc) is 3.17. The highest BCUT2D eigenvalue weighted by Crippen LogP contribution is 2.43. The van der Waals surface area contributed by atoms with Crippen molar-refractivity contribution in [2.45, 2.75) is 19.4 Å². The predicted molar refractivity (Wildman–Crippen MR) is 103 cm³/mol. The van der Waals surface area contributed by atoms with Crippen LogP contribution in [0.1, 0.15) is 22.7 Å². The van der Waals surface area contributed by atoms with Gasteiger partial charge in [-0.15, -0.1) is 12.4 Å². The topological polar surface area (TPSA) is 32.3 Å². The van der Waals surface area contributed by atoms with Gasteiger partial charge >= 0.3 is 0 Å². The van der Waals surface area contributed by atoms with Crippen LogP contribution in [0.3, 0.4) is 0 Å². The van der Waals surface area contributed by atoms with E-state index in [1.807, 2.05) is 30.3 Å². The zero-order valence-corrected chi connectivity index (χ0v) is 15.3. The second kappa shape index (κ2) is 7.59. The Hall–Kier alpha value is -1.84. The van der Waals surface area contributed by atoms with Gasteiger partial charge in [-0.1, -0.05) is 54.6 Å². The van der Waals surface area contributed by atoms with Crippen LogP contribution in [0.25, 0.3) is 0 Å². The second-order valence-corrected chi connectivity index (χ2v) is 7.09. The van der Waals surface area contributed by atoms with Gasteiger partial charge in [-0.25, -0.2) is 0 Å². The van der Waals surface area contributed by atoms with Crippen molar-refractivity contribution < 1.29 is 4.79 Å². The summed E-state index contributed by atoms with van der Waals surface area (Å²) in [5, 5.41) is 3.51. The summed E-state index contributed by atoms with van der Waals surface area (Å²) < 4.78 is 0. The number of hydrogen-bond donors (Lipinski definition) is 1. The van der Waals surface area contributed by atoms with Gasteiger partial charge in [0.05, 0.1) is 12.5 Å². The van der Waals surface area contributed by atoms with Gasteiger partial charge in [0.15, 0.2) is 0 Å². The maximum Gasteiger partial charge on any atom is 0.227 e. The molecule has 0 bridgehead atoms. The molecule has 3 nitrogen and oxygen atoms in total. The Morgan fingerprint density at radius 3 is 2.56 bits per heavy atom. The molecule has 2 aliphatic rings. The van der Waals surface area contributed by atoms with Crippen molar-refractivity contribution in [1.82, 2.24) is 10.2 Å². The third-order valence-electron chi connectivity index (χ3n) is 5.59. The van der Waals surface area contributed by atoms with Crippen LogP contribution >= 0.6 is 12.4 Å². The molecule has 1 N–H and O–H groups in total. The summed E-state index contributed by atoms with van der Waals surface area (Å²) in [5.74, 6) is 1.36. The number of nitrogens with one attached hydrogen (secondary N) is 1. The number of rotatable bonds is 3. The molecule has 1 amide bonds. The Morgan fingerprint density at radius 1 is 1.08 bits per heavy atom.